The zero-order valence-corrected chi connectivity index (χ0v) is 15.5. The van der Waals surface area contributed by atoms with Crippen molar-refractivity contribution in [1.82, 2.24) is 25.4 Å². The minimum Gasteiger partial charge on any atom is -0.352 e. The molecule has 1 saturated carbocycles. The van der Waals surface area contributed by atoms with Crippen LogP contribution >= 0.6 is 0 Å². The van der Waals surface area contributed by atoms with Gasteiger partial charge < -0.3 is 15.1 Å². The number of nitrogens with one attached hydrogen (secondary N) is 1. The van der Waals surface area contributed by atoms with Crippen molar-refractivity contribution in [3.63, 3.8) is 0 Å². The lowest BCUT2D eigenvalue weighted by molar-refractivity contribution is 0.186. The van der Waals surface area contributed by atoms with Gasteiger partial charge in [0.15, 0.2) is 5.82 Å². The molecule has 2 fully saturated rings. The molecule has 7 nitrogen and oxygen atoms in total. The highest BCUT2D eigenvalue weighted by molar-refractivity contribution is 5.75. The highest BCUT2D eigenvalue weighted by atomic mass is 16.2. The van der Waals surface area contributed by atoms with Crippen molar-refractivity contribution >= 4 is 11.8 Å². The van der Waals surface area contributed by atoms with Gasteiger partial charge in [0.1, 0.15) is 0 Å². The summed E-state index contributed by atoms with van der Waals surface area (Å²) in [4.78, 5) is 20.7. The Labute approximate surface area is 159 Å². The average molecular weight is 366 g/mol. The summed E-state index contributed by atoms with van der Waals surface area (Å²) in [5, 5.41) is 11.9. The van der Waals surface area contributed by atoms with E-state index in [1.54, 1.807) is 12.4 Å². The predicted octanol–water partition coefficient (Wildman–Crippen LogP) is 2.70. The molecule has 2 amide bonds. The van der Waals surface area contributed by atoms with E-state index in [4.69, 9.17) is 0 Å². The standard InChI is InChI=1S/C20H26N6O/c27-20(22-17-6-2-1-3-7-17)26-13-11-25(12-14-26)19-9-8-18(23-24-19)16-5-4-10-21-15-16/h4-5,8-10,15,17H,1-3,6-7,11-14H2,(H,22,27). The number of amides is 2. The van der Waals surface area contributed by atoms with Crippen molar-refractivity contribution in [3.05, 3.63) is 36.7 Å². The van der Waals surface area contributed by atoms with Gasteiger partial charge in [0.05, 0.1) is 5.69 Å². The number of nitrogens with zero attached hydrogens (tertiary/aromatic N) is 5. The summed E-state index contributed by atoms with van der Waals surface area (Å²) in [6.45, 7) is 2.98. The molecule has 1 saturated heterocycles. The van der Waals surface area contributed by atoms with Gasteiger partial charge >= 0.3 is 6.03 Å². The Balaban J connectivity index is 1.30. The first-order chi connectivity index (χ1) is 13.3. The minimum absolute atomic E-state index is 0.0829. The van der Waals surface area contributed by atoms with Crippen molar-refractivity contribution in [2.24, 2.45) is 0 Å². The molecule has 4 rings (SSSR count). The number of hydrogen-bond acceptors (Lipinski definition) is 5. The van der Waals surface area contributed by atoms with Crippen LogP contribution in [0.3, 0.4) is 0 Å². The second kappa shape index (κ2) is 8.33. The third kappa shape index (κ3) is 4.35. The van der Waals surface area contributed by atoms with Crippen molar-refractivity contribution < 1.29 is 4.79 Å². The number of urea groups is 1. The Bertz CT molecular complexity index is 737. The summed E-state index contributed by atoms with van der Waals surface area (Å²) in [7, 11) is 0. The molecule has 2 aliphatic rings. The van der Waals surface area contributed by atoms with E-state index in [9.17, 15) is 4.79 Å². The van der Waals surface area contributed by atoms with Gasteiger partial charge in [-0.25, -0.2) is 4.79 Å². The van der Waals surface area contributed by atoms with Gasteiger partial charge in [0.2, 0.25) is 0 Å². The zero-order chi connectivity index (χ0) is 18.5. The lowest BCUT2D eigenvalue weighted by Crippen LogP contribution is -2.53. The Hall–Kier alpha value is -2.70. The molecule has 0 atom stereocenters. The maximum absolute atomic E-state index is 12.5. The van der Waals surface area contributed by atoms with Gasteiger partial charge in [-0.05, 0) is 37.1 Å². The highest BCUT2D eigenvalue weighted by Gasteiger charge is 2.24. The third-order valence-corrected chi connectivity index (χ3v) is 5.43. The Morgan fingerprint density at radius 3 is 2.48 bits per heavy atom. The summed E-state index contributed by atoms with van der Waals surface area (Å²) >= 11 is 0. The lowest BCUT2D eigenvalue weighted by Gasteiger charge is -2.36. The maximum Gasteiger partial charge on any atom is 0.317 e. The van der Waals surface area contributed by atoms with Gasteiger partial charge in [-0.1, -0.05) is 19.3 Å². The molecule has 0 aromatic carbocycles. The van der Waals surface area contributed by atoms with E-state index in [0.29, 0.717) is 19.1 Å². The van der Waals surface area contributed by atoms with E-state index in [1.165, 1.54) is 19.3 Å². The summed E-state index contributed by atoms with van der Waals surface area (Å²) in [6, 6.07) is 8.27. The first-order valence-corrected chi connectivity index (χ1v) is 9.84. The maximum atomic E-state index is 12.5. The molecule has 2 aromatic heterocycles. The number of hydrogen-bond donors (Lipinski definition) is 1. The van der Waals surface area contributed by atoms with Gasteiger partial charge in [0, 0.05) is 50.2 Å². The number of pyridine rings is 1. The normalized spacial score (nSPS) is 18.4. The highest BCUT2D eigenvalue weighted by Crippen LogP contribution is 2.20. The smallest absolute Gasteiger partial charge is 0.317 e. The summed E-state index contributed by atoms with van der Waals surface area (Å²) in [5.74, 6) is 0.856. The lowest BCUT2D eigenvalue weighted by atomic mass is 9.96. The van der Waals surface area contributed by atoms with Crippen molar-refractivity contribution in [1.29, 1.82) is 0 Å². The molecule has 1 aliphatic heterocycles. The fraction of sp³-hybridized carbons (Fsp3) is 0.500. The Morgan fingerprint density at radius 2 is 1.81 bits per heavy atom. The summed E-state index contributed by atoms with van der Waals surface area (Å²) in [5.41, 5.74) is 1.78. The Kier molecular flexibility index (Phi) is 5.46. The molecule has 0 bridgehead atoms. The molecule has 3 heterocycles. The molecule has 0 unspecified atom stereocenters. The minimum atomic E-state index is 0.0829. The first-order valence-electron chi connectivity index (χ1n) is 9.84. The fourth-order valence-electron chi connectivity index (χ4n) is 3.81. The van der Waals surface area contributed by atoms with E-state index in [-0.39, 0.29) is 6.03 Å². The van der Waals surface area contributed by atoms with E-state index in [0.717, 1.165) is 43.0 Å². The van der Waals surface area contributed by atoms with Crippen molar-refractivity contribution in [2.45, 2.75) is 38.1 Å². The summed E-state index contributed by atoms with van der Waals surface area (Å²) < 4.78 is 0. The van der Waals surface area contributed by atoms with Crippen LogP contribution in [0, 0.1) is 0 Å². The third-order valence-electron chi connectivity index (χ3n) is 5.43. The molecular weight excluding hydrogens is 340 g/mol. The van der Waals surface area contributed by atoms with Crippen LogP contribution in [0.5, 0.6) is 0 Å². The number of anilines is 1. The fourth-order valence-corrected chi connectivity index (χ4v) is 3.81. The molecule has 0 radical (unpaired) electrons. The van der Waals surface area contributed by atoms with E-state index < -0.39 is 0 Å². The molecule has 2 aromatic rings. The van der Waals surface area contributed by atoms with E-state index in [1.807, 2.05) is 29.2 Å². The van der Waals surface area contributed by atoms with E-state index in [2.05, 4.69) is 25.4 Å². The van der Waals surface area contributed by atoms with Crippen LogP contribution in [0.4, 0.5) is 10.6 Å². The molecule has 7 heteroatoms. The quantitative estimate of drug-likeness (QED) is 0.904. The van der Waals surface area contributed by atoms with Gasteiger partial charge in [-0.15, -0.1) is 10.2 Å². The average Bonchev–Trinajstić information content (AvgIpc) is 2.75. The van der Waals surface area contributed by atoms with Crippen LogP contribution in [0.1, 0.15) is 32.1 Å². The van der Waals surface area contributed by atoms with Crippen LogP contribution in [0.15, 0.2) is 36.7 Å². The largest absolute Gasteiger partial charge is 0.352 e. The molecular formula is C20H26N6O. The Morgan fingerprint density at radius 1 is 1.00 bits per heavy atom. The predicted molar refractivity (Wildman–Crippen MR) is 104 cm³/mol. The molecule has 1 N–H and O–H groups in total. The topological polar surface area (TPSA) is 74.2 Å². The van der Waals surface area contributed by atoms with Crippen LogP contribution in [-0.2, 0) is 0 Å². The van der Waals surface area contributed by atoms with Crippen LogP contribution in [-0.4, -0.2) is 58.3 Å². The van der Waals surface area contributed by atoms with Crippen LogP contribution in [0.2, 0.25) is 0 Å². The van der Waals surface area contributed by atoms with Crippen molar-refractivity contribution in [3.8, 4) is 11.3 Å². The molecule has 27 heavy (non-hydrogen) atoms. The van der Waals surface area contributed by atoms with Crippen molar-refractivity contribution in [2.75, 3.05) is 31.1 Å². The molecule has 1 aliphatic carbocycles. The van der Waals surface area contributed by atoms with Crippen LogP contribution < -0.4 is 10.2 Å². The van der Waals surface area contributed by atoms with E-state index >= 15 is 0 Å². The van der Waals surface area contributed by atoms with Gasteiger partial charge in [-0.3, -0.25) is 4.98 Å². The number of piperazine rings is 1. The summed E-state index contributed by atoms with van der Waals surface area (Å²) in [6.07, 6.45) is 9.52. The zero-order valence-electron chi connectivity index (χ0n) is 15.5. The number of carbonyl (C=O) groups is 1. The molecule has 0 spiro atoms. The number of aromatic nitrogens is 3. The van der Waals surface area contributed by atoms with Crippen LogP contribution in [0.25, 0.3) is 11.3 Å². The van der Waals surface area contributed by atoms with Gasteiger partial charge in [0.25, 0.3) is 0 Å². The van der Waals surface area contributed by atoms with Gasteiger partial charge in [-0.2, -0.15) is 0 Å². The second-order valence-electron chi connectivity index (χ2n) is 7.28. The second-order valence-corrected chi connectivity index (χ2v) is 7.28. The number of carbonyl (C=O) groups excluding carboxylic acids is 1. The molecule has 142 valence electrons. The first kappa shape index (κ1) is 17.7. The SMILES string of the molecule is O=C(NC1CCCCC1)N1CCN(c2ccc(-c3cccnc3)nn2)CC1. The monoisotopic (exact) mass is 366 g/mol. The number of rotatable bonds is 3.